The quantitative estimate of drug-likeness (QED) is 0.632. The first-order chi connectivity index (χ1) is 11.6. The molecule has 24 heavy (non-hydrogen) atoms. The van der Waals surface area contributed by atoms with Gasteiger partial charge in [-0.3, -0.25) is 5.10 Å². The van der Waals surface area contributed by atoms with Crippen molar-refractivity contribution in [3.63, 3.8) is 0 Å². The van der Waals surface area contributed by atoms with Crippen molar-refractivity contribution in [2.75, 3.05) is 0 Å². The van der Waals surface area contributed by atoms with Gasteiger partial charge in [0.05, 0.1) is 11.8 Å². The van der Waals surface area contributed by atoms with Gasteiger partial charge in [0.25, 0.3) is 0 Å². The summed E-state index contributed by atoms with van der Waals surface area (Å²) in [5, 5.41) is 11.0. The zero-order valence-electron chi connectivity index (χ0n) is 13.3. The van der Waals surface area contributed by atoms with Gasteiger partial charge in [-0.25, -0.2) is 8.78 Å². The molecule has 2 aromatic rings. The normalized spacial score (nSPS) is 16.1. The molecule has 1 heterocycles. The summed E-state index contributed by atoms with van der Waals surface area (Å²) in [6, 6.07) is 3.72. The largest absolute Gasteiger partial charge is 0.250 e. The summed E-state index contributed by atoms with van der Waals surface area (Å²) < 4.78 is 29.1. The van der Waals surface area contributed by atoms with Gasteiger partial charge in [0, 0.05) is 6.42 Å². The molecule has 0 radical (unpaired) electrons. The number of nitrogens with one attached hydrogen (secondary N) is 1. The first-order valence-corrected chi connectivity index (χ1v) is 8.70. The first-order valence-electron chi connectivity index (χ1n) is 8.30. The third-order valence-electron chi connectivity index (χ3n) is 4.52. The highest BCUT2D eigenvalue weighted by molar-refractivity contribution is 7.71. The number of nitrogens with zero attached hydrogens (tertiary/aromatic N) is 3. The van der Waals surface area contributed by atoms with Crippen LogP contribution >= 0.6 is 12.2 Å². The van der Waals surface area contributed by atoms with Gasteiger partial charge in [-0.15, -0.1) is 0 Å². The van der Waals surface area contributed by atoms with E-state index in [4.69, 9.17) is 12.2 Å². The van der Waals surface area contributed by atoms with E-state index < -0.39 is 11.6 Å². The van der Waals surface area contributed by atoms with Crippen LogP contribution in [0, 0.1) is 22.3 Å². The van der Waals surface area contributed by atoms with Crippen LogP contribution in [0.3, 0.4) is 0 Å². The SMILES string of the molecule is Fc1cccc(F)c1/C=N\n1c(CCC2CCCCC2)n[nH]c1=S. The summed E-state index contributed by atoms with van der Waals surface area (Å²) in [4.78, 5) is 0. The second-order valence-electron chi connectivity index (χ2n) is 6.18. The minimum atomic E-state index is -0.655. The Bertz CT molecular complexity index is 755. The molecule has 0 amide bonds. The van der Waals surface area contributed by atoms with Crippen LogP contribution in [0.5, 0.6) is 0 Å². The van der Waals surface area contributed by atoms with E-state index in [9.17, 15) is 8.78 Å². The van der Waals surface area contributed by atoms with E-state index >= 15 is 0 Å². The molecule has 0 aliphatic heterocycles. The van der Waals surface area contributed by atoms with Crippen LogP contribution in [-0.2, 0) is 6.42 Å². The van der Waals surface area contributed by atoms with Crippen molar-refractivity contribution in [3.8, 4) is 0 Å². The van der Waals surface area contributed by atoms with Gasteiger partial charge in [0.1, 0.15) is 11.6 Å². The predicted molar refractivity (Wildman–Crippen MR) is 91.7 cm³/mol. The average Bonchev–Trinajstić information content (AvgIpc) is 2.94. The highest BCUT2D eigenvalue weighted by atomic mass is 32.1. The van der Waals surface area contributed by atoms with Gasteiger partial charge in [0.2, 0.25) is 4.77 Å². The molecule has 0 atom stereocenters. The number of aromatic nitrogens is 3. The molecule has 0 bridgehead atoms. The number of hydrogen-bond donors (Lipinski definition) is 1. The average molecular weight is 350 g/mol. The van der Waals surface area contributed by atoms with Gasteiger partial charge in [-0.2, -0.15) is 14.9 Å². The van der Waals surface area contributed by atoms with E-state index in [0.717, 1.165) is 19.1 Å². The van der Waals surface area contributed by atoms with Crippen LogP contribution in [0.2, 0.25) is 0 Å². The van der Waals surface area contributed by atoms with Crippen molar-refractivity contribution in [2.24, 2.45) is 11.0 Å². The molecule has 128 valence electrons. The van der Waals surface area contributed by atoms with Gasteiger partial charge in [0.15, 0.2) is 5.82 Å². The third kappa shape index (κ3) is 3.95. The fourth-order valence-corrected chi connectivity index (χ4v) is 3.36. The molecule has 7 heteroatoms. The molecular weight excluding hydrogens is 330 g/mol. The Morgan fingerprint density at radius 1 is 1.25 bits per heavy atom. The number of aromatic amines is 1. The smallest absolute Gasteiger partial charge is 0.216 e. The van der Waals surface area contributed by atoms with E-state index in [1.54, 1.807) is 0 Å². The van der Waals surface area contributed by atoms with Crippen LogP contribution in [-0.4, -0.2) is 21.1 Å². The molecule has 1 saturated carbocycles. The lowest BCUT2D eigenvalue weighted by Gasteiger charge is -2.20. The zero-order valence-corrected chi connectivity index (χ0v) is 14.2. The second-order valence-corrected chi connectivity index (χ2v) is 6.57. The lowest BCUT2D eigenvalue weighted by molar-refractivity contribution is 0.336. The maximum atomic E-state index is 13.7. The van der Waals surface area contributed by atoms with E-state index in [1.807, 2.05) is 0 Å². The lowest BCUT2D eigenvalue weighted by Crippen LogP contribution is -2.09. The van der Waals surface area contributed by atoms with Gasteiger partial charge >= 0.3 is 0 Å². The Kier molecular flexibility index (Phi) is 5.50. The molecule has 1 aromatic heterocycles. The maximum absolute atomic E-state index is 13.7. The van der Waals surface area contributed by atoms with Crippen LogP contribution in [0.1, 0.15) is 49.9 Å². The minimum absolute atomic E-state index is 0.182. The van der Waals surface area contributed by atoms with Crippen molar-refractivity contribution in [1.82, 2.24) is 14.9 Å². The second kappa shape index (κ2) is 7.79. The maximum Gasteiger partial charge on any atom is 0.216 e. The summed E-state index contributed by atoms with van der Waals surface area (Å²) in [6.07, 6.45) is 9.36. The Morgan fingerprint density at radius 3 is 2.67 bits per heavy atom. The third-order valence-corrected chi connectivity index (χ3v) is 4.78. The number of halogens is 2. The molecule has 1 fully saturated rings. The van der Waals surface area contributed by atoms with Crippen LogP contribution in [0.4, 0.5) is 8.78 Å². The Hall–Kier alpha value is -1.89. The van der Waals surface area contributed by atoms with Crippen molar-refractivity contribution in [3.05, 3.63) is 46.0 Å². The Labute approximate surface area is 144 Å². The predicted octanol–water partition coefficient (Wildman–Crippen LogP) is 4.61. The van der Waals surface area contributed by atoms with Gasteiger partial charge in [-0.05, 0) is 36.7 Å². The lowest BCUT2D eigenvalue weighted by atomic mass is 9.86. The standard InChI is InChI=1S/C17H20F2N4S/c18-14-7-4-8-15(19)13(14)11-20-23-16(21-22-17(23)24)10-9-12-5-2-1-3-6-12/h4,7-8,11-12H,1-3,5-6,9-10H2,(H,22,24)/b20-11-. The fraction of sp³-hybridized carbons (Fsp3) is 0.471. The number of rotatable bonds is 5. The first kappa shape index (κ1) is 17.0. The molecule has 1 aliphatic carbocycles. The van der Waals surface area contributed by atoms with Gasteiger partial charge in [-0.1, -0.05) is 38.2 Å². The number of aryl methyl sites for hydroxylation is 1. The van der Waals surface area contributed by atoms with Crippen molar-refractivity contribution >= 4 is 18.4 Å². The zero-order chi connectivity index (χ0) is 16.9. The van der Waals surface area contributed by atoms with Crippen molar-refractivity contribution in [1.29, 1.82) is 0 Å². The van der Waals surface area contributed by atoms with E-state index in [2.05, 4.69) is 15.3 Å². The molecule has 1 aromatic carbocycles. The summed E-state index contributed by atoms with van der Waals surface area (Å²) in [5.74, 6) is 0.0964. The minimum Gasteiger partial charge on any atom is -0.250 e. The Morgan fingerprint density at radius 2 is 1.96 bits per heavy atom. The fourth-order valence-electron chi connectivity index (χ4n) is 3.16. The van der Waals surface area contributed by atoms with Crippen molar-refractivity contribution < 1.29 is 8.78 Å². The molecular formula is C17H20F2N4S. The summed E-state index contributed by atoms with van der Waals surface area (Å²) in [5.41, 5.74) is -0.182. The highest BCUT2D eigenvalue weighted by Gasteiger charge is 2.15. The Balaban J connectivity index is 1.75. The topological polar surface area (TPSA) is 46.0 Å². The van der Waals surface area contributed by atoms with E-state index in [-0.39, 0.29) is 5.56 Å². The van der Waals surface area contributed by atoms with Crippen LogP contribution < -0.4 is 0 Å². The highest BCUT2D eigenvalue weighted by Crippen LogP contribution is 2.27. The molecule has 0 unspecified atom stereocenters. The van der Waals surface area contributed by atoms with Crippen molar-refractivity contribution in [2.45, 2.75) is 44.9 Å². The summed E-state index contributed by atoms with van der Waals surface area (Å²) in [6.45, 7) is 0. The molecule has 1 aliphatic rings. The monoisotopic (exact) mass is 350 g/mol. The number of benzene rings is 1. The van der Waals surface area contributed by atoms with Gasteiger partial charge < -0.3 is 0 Å². The summed E-state index contributed by atoms with van der Waals surface area (Å²) >= 11 is 5.17. The van der Waals surface area contributed by atoms with Crippen LogP contribution in [0.15, 0.2) is 23.3 Å². The molecule has 0 saturated heterocycles. The van der Waals surface area contributed by atoms with E-state index in [1.165, 1.54) is 55.0 Å². The number of H-pyrrole nitrogens is 1. The number of hydrogen-bond acceptors (Lipinski definition) is 3. The molecule has 3 rings (SSSR count). The molecule has 1 N–H and O–H groups in total. The van der Waals surface area contributed by atoms with E-state index in [0.29, 0.717) is 16.5 Å². The molecule has 4 nitrogen and oxygen atoms in total. The molecule has 0 spiro atoms. The van der Waals surface area contributed by atoms with Crippen LogP contribution in [0.25, 0.3) is 0 Å². The summed E-state index contributed by atoms with van der Waals surface area (Å²) in [7, 11) is 0.